The molecule has 5 heteroatoms. The van der Waals surface area contributed by atoms with Gasteiger partial charge in [-0.05, 0) is 6.92 Å². The Morgan fingerprint density at radius 2 is 2.12 bits per heavy atom. The lowest BCUT2D eigenvalue weighted by Crippen LogP contribution is -2.69. The van der Waals surface area contributed by atoms with E-state index in [-0.39, 0.29) is 18.1 Å². The number of hydrogen-bond donors (Lipinski definition) is 1. The molecule has 3 saturated heterocycles. The van der Waals surface area contributed by atoms with Crippen LogP contribution < -0.4 is 5.32 Å². The standard InChI is InChI=1S/C11H18N2O3/c1-8-2-12-3-9(16-8)10(14)13-4-11(5-13)6-15-7-11/h8-9,12H,2-7H2,1H3/t8-,9-/m1/s1. The maximum absolute atomic E-state index is 12.1. The van der Waals surface area contributed by atoms with Crippen molar-refractivity contribution in [3.05, 3.63) is 0 Å². The zero-order chi connectivity index (χ0) is 11.2. The Balaban J connectivity index is 1.53. The predicted molar refractivity (Wildman–Crippen MR) is 57.0 cm³/mol. The Labute approximate surface area is 95.1 Å². The first kappa shape index (κ1) is 10.5. The number of nitrogens with one attached hydrogen (secondary N) is 1. The van der Waals surface area contributed by atoms with Crippen LogP contribution in [-0.2, 0) is 14.3 Å². The molecule has 2 atom stereocenters. The maximum Gasteiger partial charge on any atom is 0.253 e. The number of nitrogens with zero attached hydrogens (tertiary/aromatic N) is 1. The average molecular weight is 226 g/mol. The Morgan fingerprint density at radius 3 is 2.69 bits per heavy atom. The first-order chi connectivity index (χ1) is 7.69. The van der Waals surface area contributed by atoms with Gasteiger partial charge in [-0.2, -0.15) is 0 Å². The van der Waals surface area contributed by atoms with E-state index in [2.05, 4.69) is 5.32 Å². The highest BCUT2D eigenvalue weighted by Crippen LogP contribution is 2.37. The topological polar surface area (TPSA) is 50.8 Å². The molecule has 5 nitrogen and oxygen atoms in total. The number of carbonyl (C=O) groups excluding carboxylic acids is 1. The summed E-state index contributed by atoms with van der Waals surface area (Å²) in [6.45, 7) is 6.79. The molecule has 16 heavy (non-hydrogen) atoms. The van der Waals surface area contributed by atoms with E-state index in [1.807, 2.05) is 11.8 Å². The van der Waals surface area contributed by atoms with E-state index >= 15 is 0 Å². The van der Waals surface area contributed by atoms with E-state index in [0.29, 0.717) is 12.0 Å². The van der Waals surface area contributed by atoms with E-state index < -0.39 is 0 Å². The van der Waals surface area contributed by atoms with Crippen molar-refractivity contribution in [3.8, 4) is 0 Å². The maximum atomic E-state index is 12.1. The number of carbonyl (C=O) groups is 1. The zero-order valence-electron chi connectivity index (χ0n) is 9.57. The highest BCUT2D eigenvalue weighted by atomic mass is 16.5. The normalized spacial score (nSPS) is 36.7. The number of hydrogen-bond acceptors (Lipinski definition) is 4. The smallest absolute Gasteiger partial charge is 0.253 e. The van der Waals surface area contributed by atoms with Crippen molar-refractivity contribution in [2.24, 2.45) is 5.41 Å². The van der Waals surface area contributed by atoms with Crippen molar-refractivity contribution in [1.82, 2.24) is 10.2 Å². The SMILES string of the molecule is C[C@@H]1CNC[C@H](C(=O)N2CC3(COC3)C2)O1. The molecule has 3 fully saturated rings. The molecule has 1 amide bonds. The molecule has 1 N–H and O–H groups in total. The van der Waals surface area contributed by atoms with Crippen molar-refractivity contribution in [2.45, 2.75) is 19.1 Å². The zero-order valence-corrected chi connectivity index (χ0v) is 9.57. The van der Waals surface area contributed by atoms with Crippen molar-refractivity contribution >= 4 is 5.91 Å². The van der Waals surface area contributed by atoms with Gasteiger partial charge in [-0.15, -0.1) is 0 Å². The lowest BCUT2D eigenvalue weighted by molar-refractivity contribution is -0.203. The molecular formula is C11H18N2O3. The van der Waals surface area contributed by atoms with Crippen molar-refractivity contribution in [3.63, 3.8) is 0 Å². The summed E-state index contributed by atoms with van der Waals surface area (Å²) < 4.78 is 10.8. The molecule has 3 aliphatic heterocycles. The fraction of sp³-hybridized carbons (Fsp3) is 0.909. The minimum Gasteiger partial charge on any atom is -0.380 e. The highest BCUT2D eigenvalue weighted by molar-refractivity contribution is 5.82. The van der Waals surface area contributed by atoms with Crippen LogP contribution in [-0.4, -0.2) is 62.4 Å². The van der Waals surface area contributed by atoms with E-state index in [1.165, 1.54) is 0 Å². The number of likely N-dealkylation sites (tertiary alicyclic amines) is 1. The third kappa shape index (κ3) is 1.63. The molecule has 0 aromatic heterocycles. The van der Waals surface area contributed by atoms with Gasteiger partial charge in [0, 0.05) is 26.2 Å². The van der Waals surface area contributed by atoms with Crippen LogP contribution in [0.25, 0.3) is 0 Å². The van der Waals surface area contributed by atoms with E-state index in [4.69, 9.17) is 9.47 Å². The molecule has 0 aromatic carbocycles. The lowest BCUT2D eigenvalue weighted by atomic mass is 9.78. The quantitative estimate of drug-likeness (QED) is 0.637. The monoisotopic (exact) mass is 226 g/mol. The van der Waals surface area contributed by atoms with Gasteiger partial charge in [0.15, 0.2) is 0 Å². The second kappa shape index (κ2) is 3.68. The molecule has 0 aromatic rings. The van der Waals surface area contributed by atoms with Gasteiger partial charge >= 0.3 is 0 Å². The molecule has 0 aliphatic carbocycles. The van der Waals surface area contributed by atoms with Crippen molar-refractivity contribution < 1.29 is 14.3 Å². The van der Waals surface area contributed by atoms with Gasteiger partial charge in [0.2, 0.25) is 0 Å². The number of rotatable bonds is 1. The summed E-state index contributed by atoms with van der Waals surface area (Å²) in [5, 5.41) is 3.22. The molecule has 0 saturated carbocycles. The average Bonchev–Trinajstić information content (AvgIpc) is 2.13. The van der Waals surface area contributed by atoms with Crippen LogP contribution in [0.3, 0.4) is 0 Å². The fourth-order valence-corrected chi connectivity index (χ4v) is 2.64. The highest BCUT2D eigenvalue weighted by Gasteiger charge is 2.51. The van der Waals surface area contributed by atoms with E-state index in [1.54, 1.807) is 0 Å². The van der Waals surface area contributed by atoms with Crippen LogP contribution in [0.1, 0.15) is 6.92 Å². The van der Waals surface area contributed by atoms with Gasteiger partial charge in [0.05, 0.1) is 24.7 Å². The van der Waals surface area contributed by atoms with Gasteiger partial charge in [0.25, 0.3) is 5.91 Å². The molecule has 3 aliphatic rings. The number of ether oxygens (including phenoxy) is 2. The summed E-state index contributed by atoms with van der Waals surface area (Å²) in [5.41, 5.74) is 0.295. The van der Waals surface area contributed by atoms with Crippen molar-refractivity contribution in [2.75, 3.05) is 39.4 Å². The molecule has 0 bridgehead atoms. The van der Waals surface area contributed by atoms with Gasteiger partial charge in [0.1, 0.15) is 6.10 Å². The Kier molecular flexibility index (Phi) is 2.42. The molecule has 3 rings (SSSR count). The largest absolute Gasteiger partial charge is 0.380 e. The molecule has 90 valence electrons. The van der Waals surface area contributed by atoms with Gasteiger partial charge < -0.3 is 19.7 Å². The van der Waals surface area contributed by atoms with E-state index in [9.17, 15) is 4.79 Å². The Morgan fingerprint density at radius 1 is 1.38 bits per heavy atom. The lowest BCUT2D eigenvalue weighted by Gasteiger charge is -2.55. The summed E-state index contributed by atoms with van der Waals surface area (Å²) in [4.78, 5) is 14.0. The van der Waals surface area contributed by atoms with Crippen LogP contribution >= 0.6 is 0 Å². The summed E-state index contributed by atoms with van der Waals surface area (Å²) >= 11 is 0. The molecular weight excluding hydrogens is 208 g/mol. The fourth-order valence-electron chi connectivity index (χ4n) is 2.64. The third-order valence-corrected chi connectivity index (χ3v) is 3.61. The first-order valence-corrected chi connectivity index (χ1v) is 5.91. The van der Waals surface area contributed by atoms with Crippen LogP contribution in [0, 0.1) is 5.41 Å². The second-order valence-electron chi connectivity index (χ2n) is 5.28. The minimum absolute atomic E-state index is 0.130. The number of morpholine rings is 1. The Hall–Kier alpha value is -0.650. The first-order valence-electron chi connectivity index (χ1n) is 5.91. The molecule has 0 radical (unpaired) electrons. The van der Waals surface area contributed by atoms with E-state index in [0.717, 1.165) is 32.8 Å². The summed E-state index contributed by atoms with van der Waals surface area (Å²) in [6.07, 6.45) is -0.160. The van der Waals surface area contributed by atoms with Crippen LogP contribution in [0.2, 0.25) is 0 Å². The van der Waals surface area contributed by atoms with Gasteiger partial charge in [-0.25, -0.2) is 0 Å². The minimum atomic E-state index is -0.290. The van der Waals surface area contributed by atoms with Crippen LogP contribution in [0.4, 0.5) is 0 Å². The van der Waals surface area contributed by atoms with Crippen molar-refractivity contribution in [1.29, 1.82) is 0 Å². The molecule has 0 unspecified atom stereocenters. The van der Waals surface area contributed by atoms with Gasteiger partial charge in [-0.1, -0.05) is 0 Å². The predicted octanol–water partition coefficient (Wildman–Crippen LogP) is -0.778. The summed E-state index contributed by atoms with van der Waals surface area (Å²) in [5.74, 6) is 0.136. The third-order valence-electron chi connectivity index (χ3n) is 3.61. The molecule has 1 spiro atoms. The van der Waals surface area contributed by atoms with Crippen LogP contribution in [0.15, 0.2) is 0 Å². The van der Waals surface area contributed by atoms with Crippen LogP contribution in [0.5, 0.6) is 0 Å². The number of amides is 1. The Bertz CT molecular complexity index is 296. The van der Waals surface area contributed by atoms with Gasteiger partial charge in [-0.3, -0.25) is 4.79 Å². The molecule has 3 heterocycles. The summed E-state index contributed by atoms with van der Waals surface area (Å²) in [6, 6.07) is 0. The summed E-state index contributed by atoms with van der Waals surface area (Å²) in [7, 11) is 0. The second-order valence-corrected chi connectivity index (χ2v) is 5.28.